The maximum absolute atomic E-state index is 12.2. The Bertz CT molecular complexity index is 467. The number of nitrogens with two attached hydrogens (primary N) is 1. The molecule has 0 fully saturated rings. The van der Waals surface area contributed by atoms with Crippen molar-refractivity contribution in [2.45, 2.75) is 6.18 Å². The predicted molar refractivity (Wildman–Crippen MR) is 54.9 cm³/mol. The average molecular weight is 269 g/mol. The van der Waals surface area contributed by atoms with Crippen LogP contribution in [0.25, 0.3) is 0 Å². The van der Waals surface area contributed by atoms with Crippen molar-refractivity contribution in [2.75, 3.05) is 12.4 Å². The molecule has 1 rings (SSSR count). The first kappa shape index (κ1) is 13.8. The van der Waals surface area contributed by atoms with E-state index in [1.54, 1.807) is 0 Å². The van der Waals surface area contributed by atoms with Crippen molar-refractivity contribution in [1.82, 2.24) is 0 Å². The number of halogens is 3. The average Bonchev–Trinajstić information content (AvgIpc) is 2.15. The van der Waals surface area contributed by atoms with Gasteiger partial charge in [0, 0.05) is 0 Å². The quantitative estimate of drug-likeness (QED) is 0.897. The van der Waals surface area contributed by atoms with Crippen molar-refractivity contribution in [3.05, 3.63) is 29.8 Å². The fourth-order valence-electron chi connectivity index (χ4n) is 1.02. The first-order valence-electron chi connectivity index (χ1n) is 4.49. The zero-order valence-corrected chi connectivity index (χ0v) is 9.38. The first-order chi connectivity index (χ1) is 7.68. The van der Waals surface area contributed by atoms with Crippen molar-refractivity contribution < 1.29 is 26.3 Å². The Hall–Kier alpha value is -1.28. The Morgan fingerprint density at radius 2 is 1.71 bits per heavy atom. The summed E-state index contributed by atoms with van der Waals surface area (Å²) in [6, 6.07) is 3.94. The molecule has 0 saturated heterocycles. The van der Waals surface area contributed by atoms with E-state index in [1.807, 2.05) is 0 Å². The van der Waals surface area contributed by atoms with Gasteiger partial charge in [-0.2, -0.15) is 13.2 Å². The molecular weight excluding hydrogens is 259 g/mol. The Balaban J connectivity index is 2.58. The molecule has 0 aliphatic rings. The first-order valence-corrected chi connectivity index (χ1v) is 6.20. The van der Waals surface area contributed by atoms with Gasteiger partial charge in [0.05, 0.1) is 11.3 Å². The summed E-state index contributed by atoms with van der Waals surface area (Å²) in [6.07, 6.45) is -4.40. The lowest BCUT2D eigenvalue weighted by Crippen LogP contribution is -2.21. The standard InChI is InChI=1S/C9H10F3NO3S/c10-9(11,12)7-1-3-8(4-2-7)16-5-6-17(13,14)15/h1-4H,5-6H2,(H2,13,14,15). The lowest BCUT2D eigenvalue weighted by Gasteiger charge is -2.08. The van der Waals surface area contributed by atoms with Crippen LogP contribution in [-0.2, 0) is 16.2 Å². The summed E-state index contributed by atoms with van der Waals surface area (Å²) >= 11 is 0. The van der Waals surface area contributed by atoms with Gasteiger partial charge in [-0.25, -0.2) is 13.6 Å². The van der Waals surface area contributed by atoms with E-state index in [0.29, 0.717) is 0 Å². The second kappa shape index (κ2) is 4.92. The molecule has 0 bridgehead atoms. The molecule has 8 heteroatoms. The number of hydrogen-bond acceptors (Lipinski definition) is 3. The molecule has 1 aromatic rings. The third kappa shape index (κ3) is 5.05. The fraction of sp³-hybridized carbons (Fsp3) is 0.333. The summed E-state index contributed by atoms with van der Waals surface area (Å²) in [5.41, 5.74) is -0.795. The lowest BCUT2D eigenvalue weighted by atomic mass is 10.2. The molecule has 4 nitrogen and oxygen atoms in total. The number of sulfonamides is 1. The van der Waals surface area contributed by atoms with Gasteiger partial charge in [0.2, 0.25) is 10.0 Å². The van der Waals surface area contributed by atoms with Crippen LogP contribution < -0.4 is 9.88 Å². The molecule has 0 heterocycles. The van der Waals surface area contributed by atoms with Crippen LogP contribution in [0.15, 0.2) is 24.3 Å². The van der Waals surface area contributed by atoms with E-state index in [2.05, 4.69) is 0 Å². The zero-order chi connectivity index (χ0) is 13.1. The normalized spacial score (nSPS) is 12.5. The van der Waals surface area contributed by atoms with Crippen molar-refractivity contribution in [2.24, 2.45) is 5.14 Å². The van der Waals surface area contributed by atoms with Gasteiger partial charge in [-0.3, -0.25) is 0 Å². The SMILES string of the molecule is NS(=O)(=O)CCOc1ccc(C(F)(F)F)cc1. The van der Waals surface area contributed by atoms with Crippen molar-refractivity contribution in [3.8, 4) is 5.75 Å². The van der Waals surface area contributed by atoms with E-state index in [1.165, 1.54) is 0 Å². The molecule has 0 aromatic heterocycles. The lowest BCUT2D eigenvalue weighted by molar-refractivity contribution is -0.137. The molecule has 0 saturated carbocycles. The molecule has 0 aliphatic carbocycles. The third-order valence-corrected chi connectivity index (χ3v) is 2.55. The third-order valence-electron chi connectivity index (χ3n) is 1.82. The minimum absolute atomic E-state index is 0.154. The maximum atomic E-state index is 12.2. The highest BCUT2D eigenvalue weighted by Gasteiger charge is 2.29. The minimum Gasteiger partial charge on any atom is -0.492 e. The van der Waals surface area contributed by atoms with Crippen LogP contribution >= 0.6 is 0 Å². The van der Waals surface area contributed by atoms with Crippen LogP contribution in [0.3, 0.4) is 0 Å². The monoisotopic (exact) mass is 269 g/mol. The van der Waals surface area contributed by atoms with Gasteiger partial charge in [-0.05, 0) is 24.3 Å². The van der Waals surface area contributed by atoms with E-state index >= 15 is 0 Å². The second-order valence-corrected chi connectivity index (χ2v) is 4.97. The van der Waals surface area contributed by atoms with E-state index in [4.69, 9.17) is 9.88 Å². The Morgan fingerprint density at radius 3 is 2.12 bits per heavy atom. The molecular formula is C9H10F3NO3S. The van der Waals surface area contributed by atoms with Gasteiger partial charge in [0.1, 0.15) is 12.4 Å². The molecule has 96 valence electrons. The van der Waals surface area contributed by atoms with Crippen LogP contribution in [0.1, 0.15) is 5.56 Å². The van der Waals surface area contributed by atoms with Gasteiger partial charge in [-0.15, -0.1) is 0 Å². The number of primary sulfonamides is 1. The number of alkyl halides is 3. The molecule has 0 radical (unpaired) electrons. The molecule has 0 amide bonds. The summed E-state index contributed by atoms with van der Waals surface area (Å²) in [4.78, 5) is 0. The van der Waals surface area contributed by atoms with Gasteiger partial charge in [0.15, 0.2) is 0 Å². The molecule has 17 heavy (non-hydrogen) atoms. The van der Waals surface area contributed by atoms with Crippen LogP contribution in [-0.4, -0.2) is 20.8 Å². The van der Waals surface area contributed by atoms with Crippen LogP contribution in [0.2, 0.25) is 0 Å². The highest BCUT2D eigenvalue weighted by Crippen LogP contribution is 2.30. The molecule has 0 spiro atoms. The van der Waals surface area contributed by atoms with E-state index < -0.39 is 27.5 Å². The van der Waals surface area contributed by atoms with Gasteiger partial charge >= 0.3 is 6.18 Å². The predicted octanol–water partition coefficient (Wildman–Crippen LogP) is 1.37. The highest BCUT2D eigenvalue weighted by molar-refractivity contribution is 7.89. The van der Waals surface area contributed by atoms with E-state index in [9.17, 15) is 21.6 Å². The number of rotatable bonds is 4. The van der Waals surface area contributed by atoms with Crippen LogP contribution in [0, 0.1) is 0 Å². The summed E-state index contributed by atoms with van der Waals surface area (Å²) in [7, 11) is -3.63. The second-order valence-electron chi connectivity index (χ2n) is 3.24. The Kier molecular flexibility index (Phi) is 3.99. The molecule has 0 unspecified atom stereocenters. The smallest absolute Gasteiger partial charge is 0.416 e. The topological polar surface area (TPSA) is 69.4 Å². The van der Waals surface area contributed by atoms with Crippen LogP contribution in [0.5, 0.6) is 5.75 Å². The highest BCUT2D eigenvalue weighted by atomic mass is 32.2. The van der Waals surface area contributed by atoms with Crippen molar-refractivity contribution in [1.29, 1.82) is 0 Å². The van der Waals surface area contributed by atoms with Gasteiger partial charge in [-0.1, -0.05) is 0 Å². The van der Waals surface area contributed by atoms with E-state index in [0.717, 1.165) is 24.3 Å². The Morgan fingerprint density at radius 1 is 1.18 bits per heavy atom. The number of ether oxygens (including phenoxy) is 1. The fourth-order valence-corrected chi connectivity index (χ4v) is 1.33. The van der Waals surface area contributed by atoms with Crippen LogP contribution in [0.4, 0.5) is 13.2 Å². The maximum Gasteiger partial charge on any atom is 0.416 e. The van der Waals surface area contributed by atoms with E-state index in [-0.39, 0.29) is 12.4 Å². The summed E-state index contributed by atoms with van der Waals surface area (Å²) in [5.74, 6) is -0.241. The zero-order valence-electron chi connectivity index (χ0n) is 8.57. The number of hydrogen-bond donors (Lipinski definition) is 1. The summed E-state index contributed by atoms with van der Waals surface area (Å²) in [6.45, 7) is -0.204. The van der Waals surface area contributed by atoms with Gasteiger partial charge < -0.3 is 4.74 Å². The van der Waals surface area contributed by atoms with Crippen molar-refractivity contribution in [3.63, 3.8) is 0 Å². The van der Waals surface area contributed by atoms with Gasteiger partial charge in [0.25, 0.3) is 0 Å². The summed E-state index contributed by atoms with van der Waals surface area (Å²) in [5, 5.41) is 4.72. The Labute approximate surface area is 96.2 Å². The molecule has 2 N–H and O–H groups in total. The molecule has 0 aliphatic heterocycles. The minimum atomic E-state index is -4.40. The van der Waals surface area contributed by atoms with Crippen molar-refractivity contribution >= 4 is 10.0 Å². The molecule has 0 atom stereocenters. The number of benzene rings is 1. The summed E-state index contributed by atoms with van der Waals surface area (Å²) < 4.78 is 62.6. The molecule has 1 aromatic carbocycles. The largest absolute Gasteiger partial charge is 0.492 e.